The van der Waals surface area contributed by atoms with Gasteiger partial charge in [-0.2, -0.15) is 0 Å². The molecule has 0 spiro atoms. The summed E-state index contributed by atoms with van der Waals surface area (Å²) >= 11 is 5.98. The summed E-state index contributed by atoms with van der Waals surface area (Å²) in [7, 11) is -1.43. The number of halogens is 1. The average Bonchev–Trinajstić information content (AvgIpc) is 2.09. The van der Waals surface area contributed by atoms with E-state index in [0.717, 1.165) is 5.57 Å². The fourth-order valence-corrected chi connectivity index (χ4v) is 4.88. The highest BCUT2D eigenvalue weighted by molar-refractivity contribution is 6.86. The van der Waals surface area contributed by atoms with Crippen LogP contribution in [0.4, 0.5) is 0 Å². The Morgan fingerprint density at radius 1 is 1.43 bits per heavy atom. The van der Waals surface area contributed by atoms with E-state index in [0.29, 0.717) is 5.03 Å². The van der Waals surface area contributed by atoms with Gasteiger partial charge >= 0.3 is 0 Å². The third kappa shape index (κ3) is 1.73. The van der Waals surface area contributed by atoms with Crippen molar-refractivity contribution < 1.29 is 4.79 Å². The summed E-state index contributed by atoms with van der Waals surface area (Å²) in [5.74, 6) is 0.110. The maximum Gasteiger partial charge on any atom is 0.184 e. The van der Waals surface area contributed by atoms with Crippen LogP contribution in [0.1, 0.15) is 13.8 Å². The van der Waals surface area contributed by atoms with Gasteiger partial charge in [-0.05, 0) is 19.0 Å². The highest BCUT2D eigenvalue weighted by Gasteiger charge is 2.44. The lowest BCUT2D eigenvalue weighted by atomic mass is 9.86. The van der Waals surface area contributed by atoms with E-state index < -0.39 is 8.07 Å². The van der Waals surface area contributed by atoms with Gasteiger partial charge in [0.05, 0.1) is 19.0 Å². The molecule has 3 heteroatoms. The molecule has 1 unspecified atom stereocenters. The van der Waals surface area contributed by atoms with Crippen LogP contribution in [0.15, 0.2) is 21.9 Å². The third-order valence-corrected chi connectivity index (χ3v) is 5.43. The summed E-state index contributed by atoms with van der Waals surface area (Å²) in [6, 6.07) is 0. The molecule has 0 aromatic carbocycles. The quantitative estimate of drug-likeness (QED) is 0.522. The van der Waals surface area contributed by atoms with Gasteiger partial charge in [0.25, 0.3) is 0 Å². The minimum Gasteiger partial charge on any atom is -0.292 e. The Labute approximate surface area is 91.8 Å². The van der Waals surface area contributed by atoms with Crippen molar-refractivity contribution in [1.29, 1.82) is 0 Å². The normalized spacial score (nSPS) is 24.0. The molecule has 0 fully saturated rings. The zero-order chi connectivity index (χ0) is 11.1. The molecule has 1 rings (SSSR count). The van der Waals surface area contributed by atoms with E-state index in [1.165, 1.54) is 5.20 Å². The Morgan fingerprint density at radius 3 is 2.29 bits per heavy atom. The van der Waals surface area contributed by atoms with Crippen molar-refractivity contribution in [2.45, 2.75) is 33.5 Å². The minimum absolute atomic E-state index is 0.000772. The summed E-state index contributed by atoms with van der Waals surface area (Å²) < 4.78 is 0. The number of carbonyl (C=O) groups excluding carboxylic acids is 1. The molecule has 0 saturated carbocycles. The van der Waals surface area contributed by atoms with Crippen LogP contribution < -0.4 is 0 Å². The Bertz CT molecular complexity index is 334. The first-order valence-electron chi connectivity index (χ1n) is 4.88. The van der Waals surface area contributed by atoms with Gasteiger partial charge in [0.2, 0.25) is 0 Å². The summed E-state index contributed by atoms with van der Waals surface area (Å²) in [6.45, 7) is 10.7. The molecular weight excluding hydrogens is 212 g/mol. The zero-order valence-electron chi connectivity index (χ0n) is 9.44. The van der Waals surface area contributed by atoms with Crippen molar-refractivity contribution in [1.82, 2.24) is 0 Å². The number of carbonyl (C=O) groups is 1. The smallest absolute Gasteiger partial charge is 0.184 e. The summed E-state index contributed by atoms with van der Waals surface area (Å²) in [6.07, 6.45) is 2.01. The summed E-state index contributed by atoms with van der Waals surface area (Å²) in [5, 5.41) is 1.73. The molecule has 0 radical (unpaired) electrons. The molecule has 0 aromatic heterocycles. The van der Waals surface area contributed by atoms with Gasteiger partial charge in [-0.3, -0.25) is 4.79 Å². The first-order chi connectivity index (χ1) is 6.30. The molecule has 14 heavy (non-hydrogen) atoms. The standard InChI is InChI=1S/C11H17ClOSi/c1-6-7(2)8-10(13)9(12)11(8)14(3,4)5/h6,8H,1-5H3/b7-6+. The van der Waals surface area contributed by atoms with Crippen LogP contribution in [0.3, 0.4) is 0 Å². The highest BCUT2D eigenvalue weighted by atomic mass is 35.5. The molecular formula is C11H17ClOSi. The number of hydrogen-bond acceptors (Lipinski definition) is 1. The van der Waals surface area contributed by atoms with Crippen LogP contribution >= 0.6 is 11.6 Å². The average molecular weight is 229 g/mol. The number of hydrogen-bond donors (Lipinski definition) is 0. The van der Waals surface area contributed by atoms with E-state index in [4.69, 9.17) is 11.6 Å². The van der Waals surface area contributed by atoms with Gasteiger partial charge in [0.1, 0.15) is 0 Å². The lowest BCUT2D eigenvalue weighted by Gasteiger charge is -2.37. The van der Waals surface area contributed by atoms with Crippen molar-refractivity contribution in [3.05, 3.63) is 21.9 Å². The number of Topliss-reactive ketones (excluding diaryl/α,β-unsaturated/α-hetero) is 1. The van der Waals surface area contributed by atoms with Crippen molar-refractivity contribution >= 4 is 25.5 Å². The Balaban J connectivity index is 3.12. The molecule has 1 aliphatic carbocycles. The molecule has 0 amide bonds. The molecule has 0 saturated heterocycles. The summed E-state index contributed by atoms with van der Waals surface area (Å²) in [4.78, 5) is 11.6. The summed E-state index contributed by atoms with van der Waals surface area (Å²) in [5.41, 5.74) is 1.14. The predicted molar refractivity (Wildman–Crippen MR) is 64.2 cm³/mol. The van der Waals surface area contributed by atoms with Crippen molar-refractivity contribution in [3.8, 4) is 0 Å². The first kappa shape index (κ1) is 11.7. The van der Waals surface area contributed by atoms with Crippen LogP contribution in [-0.4, -0.2) is 13.9 Å². The lowest BCUT2D eigenvalue weighted by molar-refractivity contribution is -0.118. The molecule has 0 bridgehead atoms. The monoisotopic (exact) mass is 228 g/mol. The van der Waals surface area contributed by atoms with E-state index >= 15 is 0 Å². The minimum atomic E-state index is -1.43. The predicted octanol–water partition coefficient (Wildman–Crippen LogP) is 3.52. The van der Waals surface area contributed by atoms with Gasteiger partial charge < -0.3 is 0 Å². The van der Waals surface area contributed by atoms with Gasteiger partial charge in [0, 0.05) is 0 Å². The maximum absolute atomic E-state index is 11.6. The Morgan fingerprint density at radius 2 is 1.93 bits per heavy atom. The Kier molecular flexibility index (Phi) is 3.07. The molecule has 0 heterocycles. The molecule has 1 atom stereocenters. The third-order valence-electron chi connectivity index (χ3n) is 2.72. The van der Waals surface area contributed by atoms with Crippen LogP contribution in [0.5, 0.6) is 0 Å². The van der Waals surface area contributed by atoms with Gasteiger partial charge in [-0.1, -0.05) is 42.9 Å². The zero-order valence-corrected chi connectivity index (χ0v) is 11.2. The highest BCUT2D eigenvalue weighted by Crippen LogP contribution is 2.43. The van der Waals surface area contributed by atoms with E-state index in [2.05, 4.69) is 19.6 Å². The molecule has 0 aliphatic heterocycles. The van der Waals surface area contributed by atoms with E-state index in [-0.39, 0.29) is 11.7 Å². The molecule has 1 nitrogen and oxygen atoms in total. The second-order valence-electron chi connectivity index (χ2n) is 4.81. The topological polar surface area (TPSA) is 17.1 Å². The second kappa shape index (κ2) is 3.67. The van der Waals surface area contributed by atoms with Gasteiger partial charge in [-0.15, -0.1) is 0 Å². The first-order valence-corrected chi connectivity index (χ1v) is 8.75. The number of allylic oxidation sites excluding steroid dienone is 4. The van der Waals surface area contributed by atoms with Crippen molar-refractivity contribution in [2.24, 2.45) is 5.92 Å². The van der Waals surface area contributed by atoms with E-state index in [9.17, 15) is 4.79 Å². The maximum atomic E-state index is 11.6. The van der Waals surface area contributed by atoms with Crippen LogP contribution in [-0.2, 0) is 4.79 Å². The number of ketones is 1. The largest absolute Gasteiger partial charge is 0.292 e. The van der Waals surface area contributed by atoms with E-state index in [1.807, 2.05) is 19.9 Å². The van der Waals surface area contributed by atoms with Crippen molar-refractivity contribution in [2.75, 3.05) is 0 Å². The second-order valence-corrected chi connectivity index (χ2v) is 10.2. The fourth-order valence-electron chi connectivity index (χ4n) is 1.80. The molecule has 78 valence electrons. The van der Waals surface area contributed by atoms with Gasteiger partial charge in [0.15, 0.2) is 5.78 Å². The van der Waals surface area contributed by atoms with E-state index in [1.54, 1.807) is 0 Å². The van der Waals surface area contributed by atoms with Crippen molar-refractivity contribution in [3.63, 3.8) is 0 Å². The Hall–Kier alpha value is -0.343. The van der Waals surface area contributed by atoms with Crippen LogP contribution in [0.2, 0.25) is 19.6 Å². The molecule has 0 aromatic rings. The molecule has 1 aliphatic rings. The van der Waals surface area contributed by atoms with Crippen LogP contribution in [0, 0.1) is 5.92 Å². The number of rotatable bonds is 2. The molecule has 0 N–H and O–H groups in total. The van der Waals surface area contributed by atoms with Crippen LogP contribution in [0.25, 0.3) is 0 Å². The SMILES string of the molecule is C/C=C(\C)C1C(=O)C(Cl)=C1[Si](C)(C)C. The fraction of sp³-hybridized carbons (Fsp3) is 0.545. The van der Waals surface area contributed by atoms with Gasteiger partial charge in [-0.25, -0.2) is 0 Å². The lowest BCUT2D eigenvalue weighted by Crippen LogP contribution is -2.42.